The number of nitrogens with one attached hydrogen (secondary N) is 1. The second kappa shape index (κ2) is 6.42. The van der Waals surface area contributed by atoms with Gasteiger partial charge in [-0.1, -0.05) is 0 Å². The Morgan fingerprint density at radius 2 is 2.30 bits per heavy atom. The molecule has 23 heavy (non-hydrogen) atoms. The Bertz CT molecular complexity index is 781. The largest absolute Gasteiger partial charge is 0.494 e. The van der Waals surface area contributed by atoms with E-state index < -0.39 is 15.8 Å². The summed E-state index contributed by atoms with van der Waals surface area (Å²) in [5.74, 6) is -0.689. The molecule has 1 saturated heterocycles. The molecule has 3 rings (SSSR count). The topological polar surface area (TPSA) is 71.5 Å². The van der Waals surface area contributed by atoms with E-state index in [2.05, 4.69) is 9.71 Å². The van der Waals surface area contributed by atoms with Crippen LogP contribution in [0.4, 0.5) is 9.52 Å². The average Bonchev–Trinajstić information content (AvgIpc) is 3.17. The predicted molar refractivity (Wildman–Crippen MR) is 86.0 cm³/mol. The summed E-state index contributed by atoms with van der Waals surface area (Å²) in [4.78, 5) is 6.15. The van der Waals surface area contributed by atoms with Gasteiger partial charge in [0.2, 0.25) is 10.0 Å². The number of benzene rings is 1. The summed E-state index contributed by atoms with van der Waals surface area (Å²) < 4.78 is 45.9. The molecule has 0 amide bonds. The van der Waals surface area contributed by atoms with Crippen molar-refractivity contribution in [2.45, 2.75) is 17.4 Å². The molecule has 2 heterocycles. The van der Waals surface area contributed by atoms with Gasteiger partial charge in [-0.2, -0.15) is 0 Å². The van der Waals surface area contributed by atoms with Crippen LogP contribution in [-0.2, 0) is 10.0 Å². The number of hydrogen-bond acceptors (Lipinski definition) is 6. The van der Waals surface area contributed by atoms with E-state index in [0.717, 1.165) is 17.7 Å². The molecule has 1 aromatic heterocycles. The zero-order valence-corrected chi connectivity index (χ0v) is 14.0. The van der Waals surface area contributed by atoms with E-state index >= 15 is 0 Å². The third-order valence-corrected chi connectivity index (χ3v) is 5.98. The molecular weight excluding hydrogens is 341 g/mol. The lowest BCUT2D eigenvalue weighted by Gasteiger charge is -2.16. The molecule has 1 unspecified atom stereocenters. The number of aromatic nitrogens is 1. The van der Waals surface area contributed by atoms with Crippen LogP contribution >= 0.6 is 11.3 Å². The number of nitrogens with zero attached hydrogens (tertiary/aromatic N) is 2. The minimum atomic E-state index is -3.77. The Balaban J connectivity index is 1.71. The van der Waals surface area contributed by atoms with Crippen LogP contribution < -0.4 is 14.4 Å². The van der Waals surface area contributed by atoms with Crippen LogP contribution in [0.25, 0.3) is 0 Å². The zero-order chi connectivity index (χ0) is 16.4. The Morgan fingerprint density at radius 3 is 2.96 bits per heavy atom. The SMILES string of the molecule is COc1ccc(S(=O)(=O)NC2CCN(c3nccs3)C2)cc1F. The molecule has 1 aliphatic rings. The first-order valence-electron chi connectivity index (χ1n) is 7.00. The third kappa shape index (κ3) is 3.46. The molecule has 9 heteroatoms. The fourth-order valence-electron chi connectivity index (χ4n) is 2.50. The standard InChI is InChI=1S/C14H16FN3O3S2/c1-21-13-3-2-11(8-12(13)15)23(19,20)17-10-4-6-18(9-10)14-16-5-7-22-14/h2-3,5,7-8,10,17H,4,6,9H2,1H3. The minimum Gasteiger partial charge on any atom is -0.494 e. The van der Waals surface area contributed by atoms with Crippen molar-refractivity contribution in [1.29, 1.82) is 0 Å². The molecule has 1 fully saturated rings. The highest BCUT2D eigenvalue weighted by molar-refractivity contribution is 7.89. The van der Waals surface area contributed by atoms with Crippen molar-refractivity contribution in [2.24, 2.45) is 0 Å². The van der Waals surface area contributed by atoms with Crippen molar-refractivity contribution in [3.8, 4) is 5.75 Å². The van der Waals surface area contributed by atoms with Crippen LogP contribution in [0.5, 0.6) is 5.75 Å². The van der Waals surface area contributed by atoms with Crippen molar-refractivity contribution in [3.63, 3.8) is 0 Å². The van der Waals surface area contributed by atoms with Crippen molar-refractivity contribution >= 4 is 26.5 Å². The van der Waals surface area contributed by atoms with E-state index in [0.29, 0.717) is 13.0 Å². The van der Waals surface area contributed by atoms with Crippen LogP contribution in [0.1, 0.15) is 6.42 Å². The van der Waals surface area contributed by atoms with Crippen molar-refractivity contribution < 1.29 is 17.5 Å². The van der Waals surface area contributed by atoms with Crippen LogP contribution in [0.3, 0.4) is 0 Å². The summed E-state index contributed by atoms with van der Waals surface area (Å²) in [5.41, 5.74) is 0. The van der Waals surface area contributed by atoms with Gasteiger partial charge in [-0.25, -0.2) is 22.5 Å². The van der Waals surface area contributed by atoms with Crippen LogP contribution in [-0.4, -0.2) is 39.6 Å². The molecule has 2 aromatic rings. The third-order valence-electron chi connectivity index (χ3n) is 3.63. The maximum absolute atomic E-state index is 13.7. The lowest BCUT2D eigenvalue weighted by atomic mass is 10.3. The first kappa shape index (κ1) is 16.2. The number of thiazole rings is 1. The minimum absolute atomic E-state index is 0.0137. The van der Waals surface area contributed by atoms with E-state index in [1.807, 2.05) is 10.3 Å². The van der Waals surface area contributed by atoms with Crippen LogP contribution in [0.2, 0.25) is 0 Å². The second-order valence-corrected chi connectivity index (χ2v) is 7.75. The highest BCUT2D eigenvalue weighted by atomic mass is 32.2. The summed E-state index contributed by atoms with van der Waals surface area (Å²) in [6, 6.07) is 3.38. The summed E-state index contributed by atoms with van der Waals surface area (Å²) in [5, 5.41) is 2.76. The van der Waals surface area contributed by atoms with Gasteiger partial charge in [0, 0.05) is 30.7 Å². The van der Waals surface area contributed by atoms with Gasteiger partial charge in [0.05, 0.1) is 12.0 Å². The van der Waals surface area contributed by atoms with Gasteiger partial charge in [-0.15, -0.1) is 11.3 Å². The number of methoxy groups -OCH3 is 1. The van der Waals surface area contributed by atoms with E-state index in [1.165, 1.54) is 30.6 Å². The van der Waals surface area contributed by atoms with Gasteiger partial charge in [-0.3, -0.25) is 0 Å². The van der Waals surface area contributed by atoms with Gasteiger partial charge in [-0.05, 0) is 24.6 Å². The molecule has 0 bridgehead atoms. The van der Waals surface area contributed by atoms with Crippen molar-refractivity contribution in [1.82, 2.24) is 9.71 Å². The Kier molecular flexibility index (Phi) is 4.51. The highest BCUT2D eigenvalue weighted by Gasteiger charge is 2.28. The molecule has 1 N–H and O–H groups in total. The van der Waals surface area contributed by atoms with E-state index in [1.54, 1.807) is 6.20 Å². The van der Waals surface area contributed by atoms with Gasteiger partial charge < -0.3 is 9.64 Å². The number of hydrogen-bond donors (Lipinski definition) is 1. The number of sulfonamides is 1. The lowest BCUT2D eigenvalue weighted by molar-refractivity contribution is 0.385. The van der Waals surface area contributed by atoms with Gasteiger partial charge in [0.1, 0.15) is 0 Å². The smallest absolute Gasteiger partial charge is 0.240 e. The molecule has 1 aromatic carbocycles. The molecule has 1 atom stereocenters. The van der Waals surface area contributed by atoms with E-state index in [-0.39, 0.29) is 16.7 Å². The summed E-state index contributed by atoms with van der Waals surface area (Å²) in [6.45, 7) is 1.28. The van der Waals surface area contributed by atoms with Gasteiger partial charge >= 0.3 is 0 Å². The number of halogens is 1. The van der Waals surface area contributed by atoms with Gasteiger partial charge in [0.15, 0.2) is 16.7 Å². The zero-order valence-electron chi connectivity index (χ0n) is 12.4. The molecule has 0 aliphatic carbocycles. The van der Waals surface area contributed by atoms with Crippen LogP contribution in [0, 0.1) is 5.82 Å². The van der Waals surface area contributed by atoms with E-state index in [9.17, 15) is 12.8 Å². The number of anilines is 1. The molecular formula is C14H16FN3O3S2. The maximum atomic E-state index is 13.7. The molecule has 0 saturated carbocycles. The summed E-state index contributed by atoms with van der Waals surface area (Å²) in [6.07, 6.45) is 2.40. The van der Waals surface area contributed by atoms with E-state index in [4.69, 9.17) is 4.74 Å². The average molecular weight is 357 g/mol. The van der Waals surface area contributed by atoms with Crippen molar-refractivity contribution in [3.05, 3.63) is 35.6 Å². The van der Waals surface area contributed by atoms with Crippen molar-refractivity contribution in [2.75, 3.05) is 25.1 Å². The quantitative estimate of drug-likeness (QED) is 0.884. The summed E-state index contributed by atoms with van der Waals surface area (Å²) in [7, 11) is -2.44. The second-order valence-electron chi connectivity index (χ2n) is 5.16. The highest BCUT2D eigenvalue weighted by Crippen LogP contribution is 2.24. The summed E-state index contributed by atoms with van der Waals surface area (Å²) >= 11 is 1.52. The Labute approximate surface area is 138 Å². The fraction of sp³-hybridized carbons (Fsp3) is 0.357. The molecule has 0 radical (unpaired) electrons. The number of ether oxygens (including phenoxy) is 1. The molecule has 1 aliphatic heterocycles. The molecule has 0 spiro atoms. The maximum Gasteiger partial charge on any atom is 0.240 e. The molecule has 124 valence electrons. The first-order valence-corrected chi connectivity index (χ1v) is 9.36. The van der Waals surface area contributed by atoms with Crippen LogP contribution in [0.15, 0.2) is 34.7 Å². The first-order chi connectivity index (χ1) is 11.0. The normalized spacial score (nSPS) is 18.3. The number of rotatable bonds is 5. The monoisotopic (exact) mass is 357 g/mol. The lowest BCUT2D eigenvalue weighted by Crippen LogP contribution is -2.37. The van der Waals surface area contributed by atoms with Gasteiger partial charge in [0.25, 0.3) is 0 Å². The fourth-order valence-corrected chi connectivity index (χ4v) is 4.46. The Hall–Kier alpha value is -1.71. The Morgan fingerprint density at radius 1 is 1.48 bits per heavy atom. The molecule has 6 nitrogen and oxygen atoms in total. The predicted octanol–water partition coefficient (Wildman–Crippen LogP) is 1.85.